The molecule has 2 unspecified atom stereocenters. The Morgan fingerprint density at radius 3 is 2.78 bits per heavy atom. The Labute approximate surface area is 139 Å². The Hall–Kier alpha value is -1.07. The maximum atomic E-state index is 11.9. The van der Waals surface area contributed by atoms with E-state index in [1.807, 2.05) is 19.1 Å². The van der Waals surface area contributed by atoms with E-state index >= 15 is 0 Å². The number of aryl methyl sites for hydroxylation is 1. The Morgan fingerprint density at radius 2 is 2.13 bits per heavy atom. The molecule has 1 fully saturated rings. The van der Waals surface area contributed by atoms with E-state index < -0.39 is 8.25 Å². The maximum Gasteiger partial charge on any atom is 0.319 e. The Morgan fingerprint density at radius 1 is 1.39 bits per heavy atom. The van der Waals surface area contributed by atoms with Crippen molar-refractivity contribution in [2.75, 3.05) is 58.0 Å². The fourth-order valence-corrected chi connectivity index (χ4v) is 3.28. The molecule has 0 aliphatic carbocycles. The minimum Gasteiger partial charge on any atom is -0.399 e. The van der Waals surface area contributed by atoms with E-state index in [2.05, 4.69) is 32.1 Å². The molecule has 1 aliphatic heterocycles. The highest BCUT2D eigenvalue weighted by Gasteiger charge is 2.25. The third kappa shape index (κ3) is 5.81. The molecule has 0 saturated carbocycles. The molecule has 0 radical (unpaired) electrons. The zero-order valence-corrected chi connectivity index (χ0v) is 15.5. The number of anilines is 2. The van der Waals surface area contributed by atoms with Crippen LogP contribution >= 0.6 is 8.25 Å². The lowest BCUT2D eigenvalue weighted by molar-refractivity contribution is -0.870. The molecule has 1 heterocycles. The van der Waals surface area contributed by atoms with Gasteiger partial charge in [0.05, 0.1) is 27.2 Å². The lowest BCUT2D eigenvalue weighted by Gasteiger charge is -2.23. The fraction of sp³-hybridized carbons (Fsp3) is 0.625. The van der Waals surface area contributed by atoms with Crippen molar-refractivity contribution in [3.63, 3.8) is 0 Å². The predicted octanol–water partition coefficient (Wildman–Crippen LogP) is 2.29. The van der Waals surface area contributed by atoms with Gasteiger partial charge in [-0.3, -0.25) is 4.57 Å². The molecule has 0 bridgehead atoms. The highest BCUT2D eigenvalue weighted by molar-refractivity contribution is 7.33. The van der Waals surface area contributed by atoms with Crippen LogP contribution in [0.3, 0.4) is 0 Å². The second-order valence-electron chi connectivity index (χ2n) is 7.13. The van der Waals surface area contributed by atoms with Gasteiger partial charge in [0, 0.05) is 24.5 Å². The summed E-state index contributed by atoms with van der Waals surface area (Å²) in [5.41, 5.74) is 8.87. The lowest BCUT2D eigenvalue weighted by Crippen LogP contribution is -2.37. The van der Waals surface area contributed by atoms with Gasteiger partial charge in [-0.2, -0.15) is 0 Å². The zero-order chi connectivity index (χ0) is 17.0. The van der Waals surface area contributed by atoms with E-state index in [9.17, 15) is 4.57 Å². The Balaban J connectivity index is 1.78. The van der Waals surface area contributed by atoms with Gasteiger partial charge in [0.25, 0.3) is 0 Å². The van der Waals surface area contributed by atoms with Crippen molar-refractivity contribution in [3.8, 4) is 0 Å². The van der Waals surface area contributed by atoms with Crippen LogP contribution in [0.2, 0.25) is 0 Å². The summed E-state index contributed by atoms with van der Waals surface area (Å²) in [6.45, 7) is 4.89. The van der Waals surface area contributed by atoms with Crippen LogP contribution in [-0.4, -0.2) is 58.0 Å². The molecule has 7 heteroatoms. The number of nitrogens with two attached hydrogens (primary N) is 1. The molecule has 2 atom stereocenters. The second kappa shape index (κ2) is 7.67. The quantitative estimate of drug-likeness (QED) is 0.468. The van der Waals surface area contributed by atoms with Crippen LogP contribution in [0.5, 0.6) is 0 Å². The minimum absolute atomic E-state index is 0.0385. The first-order valence-corrected chi connectivity index (χ1v) is 9.22. The van der Waals surface area contributed by atoms with E-state index in [0.29, 0.717) is 6.61 Å². The van der Waals surface area contributed by atoms with Crippen LogP contribution in [0.1, 0.15) is 12.0 Å². The number of benzene rings is 1. The van der Waals surface area contributed by atoms with Crippen molar-refractivity contribution in [2.45, 2.75) is 19.4 Å². The van der Waals surface area contributed by atoms with Crippen molar-refractivity contribution >= 4 is 19.6 Å². The molecular weight excluding hydrogens is 313 g/mol. The first-order chi connectivity index (χ1) is 10.7. The van der Waals surface area contributed by atoms with Crippen molar-refractivity contribution in [3.05, 3.63) is 23.8 Å². The highest BCUT2D eigenvalue weighted by Crippen LogP contribution is 2.32. The largest absolute Gasteiger partial charge is 0.399 e. The molecule has 2 rings (SSSR count). The van der Waals surface area contributed by atoms with E-state index in [1.165, 1.54) is 0 Å². The Bertz CT molecular complexity index is 560. The molecule has 1 saturated heterocycles. The van der Waals surface area contributed by atoms with Crippen LogP contribution in [0.15, 0.2) is 18.2 Å². The van der Waals surface area contributed by atoms with Crippen molar-refractivity contribution in [2.24, 2.45) is 0 Å². The standard InChI is InChI=1S/C16H29N3O3P/c1-13-11-14(5-6-16(13)17)18-8-7-15(12-18)22-23(20)21-10-9-19(2,3)4/h5-6,11,15,23H,7-10,12,17H2,1-4H3/q+1. The number of quaternary nitrogens is 1. The highest BCUT2D eigenvalue weighted by atomic mass is 31.1. The average Bonchev–Trinajstić information content (AvgIpc) is 2.88. The third-order valence-electron chi connectivity index (χ3n) is 4.01. The first-order valence-electron chi connectivity index (χ1n) is 7.99. The van der Waals surface area contributed by atoms with Gasteiger partial charge >= 0.3 is 8.25 Å². The van der Waals surface area contributed by atoms with Crippen LogP contribution < -0.4 is 10.6 Å². The van der Waals surface area contributed by atoms with Gasteiger partial charge in [-0.05, 0) is 37.1 Å². The van der Waals surface area contributed by atoms with Crippen LogP contribution in [0.4, 0.5) is 11.4 Å². The summed E-state index contributed by atoms with van der Waals surface area (Å²) < 4.78 is 23.6. The first kappa shape index (κ1) is 18.3. The summed E-state index contributed by atoms with van der Waals surface area (Å²) >= 11 is 0. The monoisotopic (exact) mass is 342 g/mol. The molecule has 23 heavy (non-hydrogen) atoms. The second-order valence-corrected chi connectivity index (χ2v) is 8.15. The van der Waals surface area contributed by atoms with Crippen LogP contribution in [-0.2, 0) is 13.6 Å². The van der Waals surface area contributed by atoms with Gasteiger partial charge in [-0.15, -0.1) is 0 Å². The van der Waals surface area contributed by atoms with Crippen molar-refractivity contribution in [1.82, 2.24) is 0 Å². The van der Waals surface area contributed by atoms with Gasteiger partial charge < -0.3 is 24.2 Å². The molecule has 0 aromatic heterocycles. The summed E-state index contributed by atoms with van der Waals surface area (Å²) in [7, 11) is 3.80. The van der Waals surface area contributed by atoms with E-state index in [-0.39, 0.29) is 6.10 Å². The van der Waals surface area contributed by atoms with Gasteiger partial charge in [0.15, 0.2) is 0 Å². The molecule has 0 amide bonds. The summed E-state index contributed by atoms with van der Waals surface area (Å²) in [5.74, 6) is 0. The molecule has 2 N–H and O–H groups in total. The van der Waals surface area contributed by atoms with E-state index in [1.54, 1.807) is 0 Å². The van der Waals surface area contributed by atoms with Gasteiger partial charge in [-0.1, -0.05) is 0 Å². The summed E-state index contributed by atoms with van der Waals surface area (Å²) in [4.78, 5) is 2.23. The lowest BCUT2D eigenvalue weighted by atomic mass is 10.2. The molecule has 1 aromatic rings. The normalized spacial score (nSPS) is 20.0. The SMILES string of the molecule is Cc1cc(N2CCC(O[PH](=O)OCC[N+](C)(C)C)C2)ccc1N. The number of hydrogen-bond donors (Lipinski definition) is 1. The molecule has 1 aromatic carbocycles. The topological polar surface area (TPSA) is 64.8 Å². The van der Waals surface area contributed by atoms with Gasteiger partial charge in [0.1, 0.15) is 13.2 Å². The van der Waals surface area contributed by atoms with E-state index in [4.69, 9.17) is 14.8 Å². The third-order valence-corrected chi connectivity index (χ3v) is 4.97. The maximum absolute atomic E-state index is 11.9. The number of nitrogens with zero attached hydrogens (tertiary/aromatic N) is 2. The number of hydrogen-bond acceptors (Lipinski definition) is 5. The molecular formula is C16H29N3O3P+. The average molecular weight is 342 g/mol. The van der Waals surface area contributed by atoms with E-state index in [0.717, 1.165) is 47.5 Å². The fourth-order valence-electron chi connectivity index (χ4n) is 2.49. The number of nitrogen functional groups attached to an aromatic ring is 1. The number of rotatable bonds is 7. The van der Waals surface area contributed by atoms with Gasteiger partial charge in [0.2, 0.25) is 0 Å². The smallest absolute Gasteiger partial charge is 0.319 e. The molecule has 1 aliphatic rings. The summed E-state index contributed by atoms with van der Waals surface area (Å²) in [5, 5.41) is 0. The summed E-state index contributed by atoms with van der Waals surface area (Å²) in [6, 6.07) is 6.03. The predicted molar refractivity (Wildman–Crippen MR) is 95.1 cm³/mol. The molecule has 6 nitrogen and oxygen atoms in total. The zero-order valence-electron chi connectivity index (χ0n) is 14.5. The Kier molecular flexibility index (Phi) is 6.09. The minimum atomic E-state index is -2.42. The van der Waals surface area contributed by atoms with Crippen molar-refractivity contribution in [1.29, 1.82) is 0 Å². The molecule has 0 spiro atoms. The summed E-state index contributed by atoms with van der Waals surface area (Å²) in [6.07, 6.45) is 0.821. The number of likely N-dealkylation sites (N-methyl/N-ethyl adjacent to an activating group) is 1. The molecule has 130 valence electrons. The van der Waals surface area contributed by atoms with Gasteiger partial charge in [-0.25, -0.2) is 0 Å². The van der Waals surface area contributed by atoms with Crippen molar-refractivity contribution < 1.29 is 18.1 Å². The van der Waals surface area contributed by atoms with Crippen LogP contribution in [0.25, 0.3) is 0 Å². The van der Waals surface area contributed by atoms with Crippen LogP contribution in [0, 0.1) is 6.92 Å².